The summed E-state index contributed by atoms with van der Waals surface area (Å²) in [5.74, 6) is 1.26. The average Bonchev–Trinajstić information content (AvgIpc) is 3.08. The van der Waals surface area contributed by atoms with Gasteiger partial charge in [0.2, 0.25) is 0 Å². The van der Waals surface area contributed by atoms with Gasteiger partial charge in [-0.3, -0.25) is 4.57 Å². The number of fused-ring (bicyclic) bond motifs is 1. The van der Waals surface area contributed by atoms with E-state index in [1.54, 1.807) is 6.20 Å². The number of nitrogen functional groups attached to an aromatic ring is 1. The number of nitriles is 1. The third kappa shape index (κ3) is 2.91. The first kappa shape index (κ1) is 16.5. The summed E-state index contributed by atoms with van der Waals surface area (Å²) >= 11 is 0. The summed E-state index contributed by atoms with van der Waals surface area (Å²) in [6.07, 6.45) is 3.07. The summed E-state index contributed by atoms with van der Waals surface area (Å²) in [4.78, 5) is 17.3. The zero-order valence-electron chi connectivity index (χ0n) is 14.5. The molecule has 8 nitrogen and oxygen atoms in total. The van der Waals surface area contributed by atoms with Gasteiger partial charge in [0, 0.05) is 11.9 Å². The van der Waals surface area contributed by atoms with Gasteiger partial charge >= 0.3 is 0 Å². The molecule has 0 saturated heterocycles. The average molecular weight is 356 g/mol. The highest BCUT2D eigenvalue weighted by atomic mass is 15.2. The van der Waals surface area contributed by atoms with Crippen molar-refractivity contribution in [1.82, 2.24) is 24.5 Å². The van der Waals surface area contributed by atoms with Gasteiger partial charge in [-0.2, -0.15) is 5.26 Å². The number of anilines is 2. The molecule has 0 fully saturated rings. The van der Waals surface area contributed by atoms with Crippen LogP contribution in [-0.4, -0.2) is 24.5 Å². The number of hydrogen-bond donors (Lipinski definition) is 2. The molecule has 0 aliphatic carbocycles. The van der Waals surface area contributed by atoms with E-state index in [4.69, 9.17) is 10.7 Å². The molecule has 132 valence electrons. The summed E-state index contributed by atoms with van der Waals surface area (Å²) < 4.78 is 1.99. The van der Waals surface area contributed by atoms with Crippen LogP contribution in [0.2, 0.25) is 0 Å². The van der Waals surface area contributed by atoms with E-state index in [9.17, 15) is 5.26 Å². The van der Waals surface area contributed by atoms with Gasteiger partial charge in [0.05, 0.1) is 6.04 Å². The van der Waals surface area contributed by atoms with Gasteiger partial charge in [0.1, 0.15) is 40.9 Å². The van der Waals surface area contributed by atoms with E-state index in [1.165, 1.54) is 6.33 Å². The maximum Gasteiger partial charge on any atom is 0.164 e. The molecule has 0 aliphatic heterocycles. The number of nitrogens with two attached hydrogens (primary N) is 1. The fourth-order valence-corrected chi connectivity index (χ4v) is 2.94. The van der Waals surface area contributed by atoms with Gasteiger partial charge < -0.3 is 11.1 Å². The Morgan fingerprint density at radius 1 is 1.11 bits per heavy atom. The van der Waals surface area contributed by atoms with Crippen LogP contribution >= 0.6 is 0 Å². The van der Waals surface area contributed by atoms with E-state index in [0.29, 0.717) is 5.82 Å². The van der Waals surface area contributed by atoms with Crippen LogP contribution in [0, 0.1) is 11.3 Å². The van der Waals surface area contributed by atoms with Crippen molar-refractivity contribution in [2.24, 2.45) is 0 Å². The van der Waals surface area contributed by atoms with Crippen molar-refractivity contribution < 1.29 is 0 Å². The maximum absolute atomic E-state index is 9.35. The number of benzene rings is 1. The van der Waals surface area contributed by atoms with Crippen molar-refractivity contribution in [2.45, 2.75) is 13.0 Å². The number of pyridine rings is 1. The van der Waals surface area contributed by atoms with Gasteiger partial charge in [-0.1, -0.05) is 18.2 Å². The van der Waals surface area contributed by atoms with Crippen LogP contribution in [0.3, 0.4) is 0 Å². The van der Waals surface area contributed by atoms with Crippen LogP contribution in [0.4, 0.5) is 11.6 Å². The summed E-state index contributed by atoms with van der Waals surface area (Å²) in [5.41, 5.74) is 8.49. The fraction of sp³-hybridized carbons (Fsp3) is 0.105. The van der Waals surface area contributed by atoms with Gasteiger partial charge in [0.25, 0.3) is 0 Å². The van der Waals surface area contributed by atoms with E-state index < -0.39 is 0 Å². The third-order valence-electron chi connectivity index (χ3n) is 4.19. The predicted molar refractivity (Wildman–Crippen MR) is 102 cm³/mol. The molecule has 3 N–H and O–H groups in total. The Kier molecular flexibility index (Phi) is 4.10. The number of hydrogen-bond acceptors (Lipinski definition) is 7. The maximum atomic E-state index is 9.35. The van der Waals surface area contributed by atoms with Gasteiger partial charge in [0.15, 0.2) is 5.65 Å². The smallest absolute Gasteiger partial charge is 0.164 e. The Morgan fingerprint density at radius 3 is 2.70 bits per heavy atom. The largest absolute Gasteiger partial charge is 0.382 e. The fourth-order valence-electron chi connectivity index (χ4n) is 2.94. The van der Waals surface area contributed by atoms with Gasteiger partial charge in [-0.15, -0.1) is 0 Å². The minimum atomic E-state index is -0.263. The SMILES string of the molecule is CC(Nc1ncnc(N)c1C#N)c1nc2cccnc2n1-c1ccccc1. The van der Waals surface area contributed by atoms with E-state index in [1.807, 2.05) is 60.0 Å². The Balaban J connectivity index is 1.82. The van der Waals surface area contributed by atoms with Crippen molar-refractivity contribution >= 4 is 22.8 Å². The van der Waals surface area contributed by atoms with Crippen molar-refractivity contribution in [3.05, 3.63) is 66.4 Å². The Bertz CT molecular complexity index is 1140. The lowest BCUT2D eigenvalue weighted by molar-refractivity contribution is 0.765. The molecular weight excluding hydrogens is 340 g/mol. The molecular formula is C19H16N8. The highest BCUT2D eigenvalue weighted by Crippen LogP contribution is 2.27. The standard InChI is InChI=1S/C19H16N8/c1-12(25-17-14(10-20)16(21)23-11-24-17)18-26-15-8-5-9-22-19(15)27(18)13-6-3-2-4-7-13/h2-9,11-12H,1H3,(H3,21,23,24,25). The molecule has 0 radical (unpaired) electrons. The molecule has 0 amide bonds. The molecule has 0 aliphatic rings. The molecule has 0 saturated carbocycles. The first-order chi connectivity index (χ1) is 13.2. The second-order valence-electron chi connectivity index (χ2n) is 5.95. The van der Waals surface area contributed by atoms with Crippen molar-refractivity contribution in [3.63, 3.8) is 0 Å². The normalized spacial score (nSPS) is 11.9. The summed E-state index contributed by atoms with van der Waals surface area (Å²) in [5, 5.41) is 12.6. The van der Waals surface area contributed by atoms with Crippen LogP contribution < -0.4 is 11.1 Å². The van der Waals surface area contributed by atoms with E-state index in [0.717, 1.165) is 22.7 Å². The zero-order chi connectivity index (χ0) is 18.8. The minimum absolute atomic E-state index is 0.139. The summed E-state index contributed by atoms with van der Waals surface area (Å²) in [6.45, 7) is 1.94. The first-order valence-electron chi connectivity index (χ1n) is 8.35. The number of imidazole rings is 1. The topological polar surface area (TPSA) is 118 Å². The van der Waals surface area contributed by atoms with Crippen LogP contribution in [0.1, 0.15) is 24.4 Å². The Morgan fingerprint density at radius 2 is 1.93 bits per heavy atom. The predicted octanol–water partition coefficient (Wildman–Crippen LogP) is 2.84. The Hall–Kier alpha value is -3.99. The van der Waals surface area contributed by atoms with Crippen LogP contribution in [0.25, 0.3) is 16.9 Å². The third-order valence-corrected chi connectivity index (χ3v) is 4.19. The van der Waals surface area contributed by atoms with Gasteiger partial charge in [-0.05, 0) is 31.2 Å². The quantitative estimate of drug-likeness (QED) is 0.577. The number of rotatable bonds is 4. The monoisotopic (exact) mass is 356 g/mol. The van der Waals surface area contributed by atoms with E-state index >= 15 is 0 Å². The molecule has 27 heavy (non-hydrogen) atoms. The summed E-state index contributed by atoms with van der Waals surface area (Å²) in [7, 11) is 0. The molecule has 0 spiro atoms. The zero-order valence-corrected chi connectivity index (χ0v) is 14.5. The molecule has 3 heterocycles. The van der Waals surface area contributed by atoms with Crippen molar-refractivity contribution in [2.75, 3.05) is 11.1 Å². The molecule has 1 aromatic carbocycles. The second kappa shape index (κ2) is 6.72. The molecule has 1 atom stereocenters. The molecule has 4 aromatic rings. The lowest BCUT2D eigenvalue weighted by atomic mass is 10.2. The molecule has 1 unspecified atom stereocenters. The van der Waals surface area contributed by atoms with Crippen LogP contribution in [-0.2, 0) is 0 Å². The summed E-state index contributed by atoms with van der Waals surface area (Å²) in [6, 6.07) is 15.4. The van der Waals surface area contributed by atoms with E-state index in [-0.39, 0.29) is 17.4 Å². The first-order valence-corrected chi connectivity index (χ1v) is 8.35. The van der Waals surface area contributed by atoms with Crippen LogP contribution in [0.15, 0.2) is 55.0 Å². The molecule has 4 rings (SSSR count). The molecule has 3 aromatic heterocycles. The number of aromatic nitrogens is 5. The van der Waals surface area contributed by atoms with Crippen molar-refractivity contribution in [1.29, 1.82) is 5.26 Å². The highest BCUT2D eigenvalue weighted by Gasteiger charge is 2.20. The lowest BCUT2D eigenvalue weighted by Crippen LogP contribution is -2.15. The number of nitrogens with one attached hydrogen (secondary N) is 1. The Labute approximate surface area is 155 Å². The van der Waals surface area contributed by atoms with E-state index in [2.05, 4.69) is 20.3 Å². The lowest BCUT2D eigenvalue weighted by Gasteiger charge is -2.17. The van der Waals surface area contributed by atoms with Crippen molar-refractivity contribution in [3.8, 4) is 11.8 Å². The second-order valence-corrected chi connectivity index (χ2v) is 5.95. The van der Waals surface area contributed by atoms with Crippen LogP contribution in [0.5, 0.6) is 0 Å². The minimum Gasteiger partial charge on any atom is -0.382 e. The highest BCUT2D eigenvalue weighted by molar-refractivity contribution is 5.74. The molecule has 0 bridgehead atoms. The molecule has 8 heteroatoms. The number of para-hydroxylation sites is 1. The number of nitrogens with zero attached hydrogens (tertiary/aromatic N) is 6. The van der Waals surface area contributed by atoms with Gasteiger partial charge in [-0.25, -0.2) is 19.9 Å².